The van der Waals surface area contributed by atoms with Crippen LogP contribution in [0.5, 0.6) is 0 Å². The quantitative estimate of drug-likeness (QED) is 0.583. The number of aromatic nitrogens is 2. The first kappa shape index (κ1) is 23.4. The van der Waals surface area contributed by atoms with E-state index < -0.39 is 0 Å². The fraction of sp³-hybridized carbons (Fsp3) is 0.583. The summed E-state index contributed by atoms with van der Waals surface area (Å²) in [4.78, 5) is 39.1. The van der Waals surface area contributed by atoms with Crippen LogP contribution in [0.25, 0.3) is 11.0 Å². The van der Waals surface area contributed by atoms with Crippen LogP contribution in [0.2, 0.25) is 0 Å². The van der Waals surface area contributed by atoms with Crippen molar-refractivity contribution >= 4 is 46.4 Å². The number of hydrogen-bond donors (Lipinski definition) is 0. The number of carbonyl (C=O) groups is 2. The van der Waals surface area contributed by atoms with Crippen LogP contribution in [-0.2, 0) is 9.59 Å². The number of likely N-dealkylation sites (tertiary alicyclic amines) is 2. The summed E-state index contributed by atoms with van der Waals surface area (Å²) in [6.45, 7) is 7.78. The van der Waals surface area contributed by atoms with E-state index in [1.165, 1.54) is 36.4 Å². The van der Waals surface area contributed by atoms with Gasteiger partial charge in [-0.3, -0.25) is 9.59 Å². The fourth-order valence-corrected chi connectivity index (χ4v) is 6.33. The van der Waals surface area contributed by atoms with Crippen molar-refractivity contribution in [3.63, 3.8) is 0 Å². The number of amides is 2. The van der Waals surface area contributed by atoms with Gasteiger partial charge in [-0.15, -0.1) is 0 Å². The molecule has 4 rings (SSSR count). The molecule has 2 amide bonds. The van der Waals surface area contributed by atoms with Gasteiger partial charge in [-0.1, -0.05) is 49.5 Å². The average Bonchev–Trinajstić information content (AvgIpc) is 2.80. The summed E-state index contributed by atoms with van der Waals surface area (Å²) in [5.41, 5.74) is 1.63. The van der Waals surface area contributed by atoms with Gasteiger partial charge >= 0.3 is 0 Å². The highest BCUT2D eigenvalue weighted by molar-refractivity contribution is 8.02. The molecule has 2 unspecified atom stereocenters. The molecule has 0 N–H and O–H groups in total. The summed E-state index contributed by atoms with van der Waals surface area (Å²) < 4.78 is 0. The Morgan fingerprint density at radius 2 is 1.28 bits per heavy atom. The SMILES string of the molecule is CC1CCCN(C(=O)CSc2nc3ccccc3nc2SCC(=O)N2CCCC(C)C2)C1. The van der Waals surface area contributed by atoms with Crippen LogP contribution in [0.15, 0.2) is 34.3 Å². The first-order valence-electron chi connectivity index (χ1n) is 11.6. The van der Waals surface area contributed by atoms with Gasteiger partial charge in [0.1, 0.15) is 10.1 Å². The zero-order valence-electron chi connectivity index (χ0n) is 19.0. The van der Waals surface area contributed by atoms with Crippen LogP contribution in [0.1, 0.15) is 39.5 Å². The van der Waals surface area contributed by atoms with E-state index >= 15 is 0 Å². The smallest absolute Gasteiger partial charge is 0.232 e. The predicted octanol–water partition coefficient (Wildman–Crippen LogP) is 4.33. The van der Waals surface area contributed by atoms with Crippen LogP contribution in [-0.4, -0.2) is 69.3 Å². The Balaban J connectivity index is 1.45. The molecule has 2 atom stereocenters. The molecule has 8 heteroatoms. The van der Waals surface area contributed by atoms with E-state index in [1.54, 1.807) is 0 Å². The summed E-state index contributed by atoms with van der Waals surface area (Å²) in [6.07, 6.45) is 4.53. The van der Waals surface area contributed by atoms with E-state index in [9.17, 15) is 9.59 Å². The van der Waals surface area contributed by atoms with Crippen LogP contribution in [0.4, 0.5) is 0 Å². The lowest BCUT2D eigenvalue weighted by Crippen LogP contribution is -2.40. The zero-order chi connectivity index (χ0) is 22.5. The van der Waals surface area contributed by atoms with Crippen molar-refractivity contribution in [3.8, 4) is 0 Å². The molecular formula is C24H32N4O2S2. The number of thioether (sulfide) groups is 2. The van der Waals surface area contributed by atoms with Crippen molar-refractivity contribution in [2.24, 2.45) is 11.8 Å². The largest absolute Gasteiger partial charge is 0.342 e. The van der Waals surface area contributed by atoms with Crippen LogP contribution < -0.4 is 0 Å². The molecule has 32 heavy (non-hydrogen) atoms. The Morgan fingerprint density at radius 3 is 1.69 bits per heavy atom. The number of fused-ring (bicyclic) bond motifs is 1. The highest BCUT2D eigenvalue weighted by atomic mass is 32.2. The molecule has 2 saturated heterocycles. The maximum atomic E-state index is 12.8. The zero-order valence-corrected chi connectivity index (χ0v) is 20.6. The first-order valence-corrected chi connectivity index (χ1v) is 13.5. The highest BCUT2D eigenvalue weighted by Crippen LogP contribution is 2.31. The molecule has 0 spiro atoms. The Labute approximate surface area is 198 Å². The molecule has 1 aromatic heterocycles. The monoisotopic (exact) mass is 472 g/mol. The molecule has 2 fully saturated rings. The number of carbonyl (C=O) groups excluding carboxylic acids is 2. The molecule has 2 aliphatic rings. The number of rotatable bonds is 6. The Hall–Kier alpha value is -1.80. The van der Waals surface area contributed by atoms with Gasteiger partial charge in [-0.05, 0) is 49.7 Å². The minimum atomic E-state index is 0.158. The lowest BCUT2D eigenvalue weighted by atomic mass is 10.0. The summed E-state index contributed by atoms with van der Waals surface area (Å²) in [5.74, 6) is 2.15. The van der Waals surface area contributed by atoms with E-state index in [4.69, 9.17) is 9.97 Å². The van der Waals surface area contributed by atoms with Gasteiger partial charge in [-0.25, -0.2) is 9.97 Å². The van der Waals surface area contributed by atoms with Crippen molar-refractivity contribution < 1.29 is 9.59 Å². The van der Waals surface area contributed by atoms with E-state index in [2.05, 4.69) is 13.8 Å². The van der Waals surface area contributed by atoms with E-state index in [0.29, 0.717) is 23.3 Å². The standard InChI is InChI=1S/C24H32N4O2S2/c1-17-7-5-11-27(13-17)21(29)15-31-23-24(26-20-10-4-3-9-19(20)25-23)32-16-22(30)28-12-6-8-18(2)14-28/h3-4,9-10,17-18H,5-8,11-16H2,1-2H3. The summed E-state index contributed by atoms with van der Waals surface area (Å²) in [7, 11) is 0. The Morgan fingerprint density at radius 1 is 0.844 bits per heavy atom. The molecule has 2 aliphatic heterocycles. The van der Waals surface area contributed by atoms with Crippen molar-refractivity contribution in [1.29, 1.82) is 0 Å². The molecule has 0 aliphatic carbocycles. The van der Waals surface area contributed by atoms with Gasteiger partial charge in [0.05, 0.1) is 22.5 Å². The molecule has 1 aromatic carbocycles. The second-order valence-corrected chi connectivity index (χ2v) is 11.0. The maximum absolute atomic E-state index is 12.8. The van der Waals surface area contributed by atoms with Gasteiger partial charge < -0.3 is 9.80 Å². The van der Waals surface area contributed by atoms with Crippen molar-refractivity contribution in [1.82, 2.24) is 19.8 Å². The molecule has 3 heterocycles. The van der Waals surface area contributed by atoms with Crippen molar-refractivity contribution in [2.45, 2.75) is 49.6 Å². The highest BCUT2D eigenvalue weighted by Gasteiger charge is 2.24. The number of hydrogen-bond acceptors (Lipinski definition) is 6. The first-order chi connectivity index (χ1) is 15.5. The van der Waals surface area contributed by atoms with Gasteiger partial charge in [0.2, 0.25) is 11.8 Å². The van der Waals surface area contributed by atoms with Gasteiger partial charge in [0.15, 0.2) is 0 Å². The molecule has 2 aromatic rings. The van der Waals surface area contributed by atoms with Crippen LogP contribution in [0.3, 0.4) is 0 Å². The normalized spacial score (nSPS) is 21.7. The van der Waals surface area contributed by atoms with Crippen LogP contribution in [0, 0.1) is 11.8 Å². The van der Waals surface area contributed by atoms with E-state index in [-0.39, 0.29) is 11.8 Å². The molecule has 172 valence electrons. The van der Waals surface area contributed by atoms with Crippen molar-refractivity contribution in [3.05, 3.63) is 24.3 Å². The third kappa shape index (κ3) is 5.95. The summed E-state index contributed by atoms with van der Waals surface area (Å²) in [6, 6.07) is 7.77. The fourth-order valence-electron chi connectivity index (χ4n) is 4.43. The topological polar surface area (TPSA) is 66.4 Å². The number of nitrogens with zero attached hydrogens (tertiary/aromatic N) is 4. The second-order valence-electron chi connectivity index (χ2n) is 9.07. The lowest BCUT2D eigenvalue weighted by molar-refractivity contribution is -0.130. The minimum absolute atomic E-state index is 0.158. The van der Waals surface area contributed by atoms with E-state index in [0.717, 1.165) is 60.1 Å². The average molecular weight is 473 g/mol. The summed E-state index contributed by atoms with van der Waals surface area (Å²) >= 11 is 2.88. The lowest BCUT2D eigenvalue weighted by Gasteiger charge is -2.31. The maximum Gasteiger partial charge on any atom is 0.232 e. The molecule has 0 radical (unpaired) electrons. The van der Waals surface area contributed by atoms with Gasteiger partial charge in [0.25, 0.3) is 0 Å². The van der Waals surface area contributed by atoms with Gasteiger partial charge in [0, 0.05) is 26.2 Å². The number of piperidine rings is 2. The van der Waals surface area contributed by atoms with Crippen molar-refractivity contribution in [2.75, 3.05) is 37.7 Å². The van der Waals surface area contributed by atoms with Gasteiger partial charge in [-0.2, -0.15) is 0 Å². The Kier molecular flexibility index (Phi) is 7.94. The molecule has 6 nitrogen and oxygen atoms in total. The molecule has 0 saturated carbocycles. The Bertz CT molecular complexity index is 894. The number of para-hydroxylation sites is 2. The number of benzene rings is 1. The van der Waals surface area contributed by atoms with Crippen LogP contribution >= 0.6 is 23.5 Å². The van der Waals surface area contributed by atoms with E-state index in [1.807, 2.05) is 34.1 Å². The molecular weight excluding hydrogens is 440 g/mol. The second kappa shape index (κ2) is 10.9. The summed E-state index contributed by atoms with van der Waals surface area (Å²) in [5, 5.41) is 1.49. The predicted molar refractivity (Wildman–Crippen MR) is 131 cm³/mol. The minimum Gasteiger partial charge on any atom is -0.342 e. The molecule has 0 bridgehead atoms. The third-order valence-corrected chi connectivity index (χ3v) is 8.22. The third-order valence-electron chi connectivity index (χ3n) is 6.19.